The van der Waals surface area contributed by atoms with Crippen LogP contribution in [0.3, 0.4) is 0 Å². The summed E-state index contributed by atoms with van der Waals surface area (Å²) in [6, 6.07) is 7.26. The fourth-order valence-electron chi connectivity index (χ4n) is 4.01. The van der Waals surface area contributed by atoms with E-state index in [1.807, 2.05) is 31.2 Å². The van der Waals surface area contributed by atoms with E-state index in [0.717, 1.165) is 44.7 Å². The van der Waals surface area contributed by atoms with Gasteiger partial charge in [0.15, 0.2) is 0 Å². The lowest BCUT2D eigenvalue weighted by atomic mass is 9.86. The molecule has 7 heteroatoms. The summed E-state index contributed by atoms with van der Waals surface area (Å²) >= 11 is 0. The average molecular weight is 418 g/mol. The van der Waals surface area contributed by atoms with Crippen LogP contribution in [0.25, 0.3) is 0 Å². The van der Waals surface area contributed by atoms with Gasteiger partial charge < -0.3 is 15.8 Å². The number of ether oxygens (including phenoxy) is 1. The molecule has 2 aliphatic rings. The predicted octanol–water partition coefficient (Wildman–Crippen LogP) is 2.99. The largest absolute Gasteiger partial charge is 0.381 e. The number of rotatable bonds is 5. The van der Waals surface area contributed by atoms with Gasteiger partial charge in [0, 0.05) is 25.3 Å². The van der Waals surface area contributed by atoms with Crippen LogP contribution in [0.15, 0.2) is 24.3 Å². The zero-order chi connectivity index (χ0) is 17.7. The fourth-order valence-corrected chi connectivity index (χ4v) is 4.01. The molecule has 0 saturated carbocycles. The molecule has 1 aromatic carbocycles. The molecule has 0 aliphatic carbocycles. The molecule has 3 N–H and O–H groups in total. The lowest BCUT2D eigenvalue weighted by Crippen LogP contribution is -2.60. The standard InChI is InChI=1S/C20H31N3O2.2ClH/c1-16-5-7-17(8-6-16)18(21)19(24)22-15-20(9-13-25-14-10-20)23-11-3-2-4-12-23;;/h5-8,18H,2-4,9-15,21H2,1H3,(H,22,24);2*1H. The highest BCUT2D eigenvalue weighted by Gasteiger charge is 2.39. The Hall–Kier alpha value is -0.850. The third-order valence-electron chi connectivity index (χ3n) is 5.76. The number of nitrogens with one attached hydrogen (secondary N) is 1. The highest BCUT2D eigenvalue weighted by atomic mass is 35.5. The number of nitrogens with zero attached hydrogens (tertiary/aromatic N) is 1. The van der Waals surface area contributed by atoms with Gasteiger partial charge in [-0.2, -0.15) is 0 Å². The fraction of sp³-hybridized carbons (Fsp3) is 0.650. The molecule has 27 heavy (non-hydrogen) atoms. The molecule has 1 unspecified atom stereocenters. The van der Waals surface area contributed by atoms with Crippen LogP contribution < -0.4 is 11.1 Å². The second kappa shape index (κ2) is 11.2. The first-order chi connectivity index (χ1) is 12.1. The molecule has 2 saturated heterocycles. The summed E-state index contributed by atoms with van der Waals surface area (Å²) in [6.45, 7) is 6.49. The molecule has 0 aromatic heterocycles. The molecule has 2 fully saturated rings. The third-order valence-corrected chi connectivity index (χ3v) is 5.76. The highest BCUT2D eigenvalue weighted by Crippen LogP contribution is 2.30. The monoisotopic (exact) mass is 417 g/mol. The molecule has 5 nitrogen and oxygen atoms in total. The van der Waals surface area contributed by atoms with Gasteiger partial charge in [0.2, 0.25) is 5.91 Å². The van der Waals surface area contributed by atoms with E-state index in [2.05, 4.69) is 10.2 Å². The molecule has 2 aliphatic heterocycles. The summed E-state index contributed by atoms with van der Waals surface area (Å²) in [7, 11) is 0. The van der Waals surface area contributed by atoms with Crippen molar-refractivity contribution >= 4 is 30.7 Å². The lowest BCUT2D eigenvalue weighted by molar-refractivity contribution is -0.124. The van der Waals surface area contributed by atoms with E-state index in [9.17, 15) is 4.79 Å². The van der Waals surface area contributed by atoms with Gasteiger partial charge in [-0.3, -0.25) is 9.69 Å². The first-order valence-corrected chi connectivity index (χ1v) is 9.53. The van der Waals surface area contributed by atoms with Crippen molar-refractivity contribution in [3.8, 4) is 0 Å². The number of hydrogen-bond acceptors (Lipinski definition) is 4. The number of nitrogens with two attached hydrogens (primary N) is 1. The minimum Gasteiger partial charge on any atom is -0.381 e. The van der Waals surface area contributed by atoms with Gasteiger partial charge in [0.05, 0.1) is 0 Å². The van der Waals surface area contributed by atoms with Gasteiger partial charge in [-0.15, -0.1) is 24.8 Å². The summed E-state index contributed by atoms with van der Waals surface area (Å²) in [5, 5.41) is 3.14. The number of likely N-dealkylation sites (tertiary alicyclic amines) is 1. The number of piperidine rings is 1. The molecule has 0 bridgehead atoms. The van der Waals surface area contributed by atoms with Crippen molar-refractivity contribution < 1.29 is 9.53 Å². The molecule has 0 radical (unpaired) electrons. The summed E-state index contributed by atoms with van der Waals surface area (Å²) < 4.78 is 5.59. The van der Waals surface area contributed by atoms with Crippen LogP contribution in [0.1, 0.15) is 49.3 Å². The Labute approximate surface area is 175 Å². The van der Waals surface area contributed by atoms with Crippen LogP contribution in [-0.2, 0) is 9.53 Å². The summed E-state index contributed by atoms with van der Waals surface area (Å²) in [5.41, 5.74) is 8.24. The van der Waals surface area contributed by atoms with Crippen LogP contribution in [0.4, 0.5) is 0 Å². The maximum absolute atomic E-state index is 12.6. The van der Waals surface area contributed by atoms with E-state index < -0.39 is 6.04 Å². The molecule has 1 amide bonds. The molecule has 3 rings (SSSR count). The molecule has 2 heterocycles. The number of hydrogen-bond donors (Lipinski definition) is 2. The average Bonchev–Trinajstić information content (AvgIpc) is 2.67. The number of carbonyl (C=O) groups excluding carboxylic acids is 1. The first-order valence-electron chi connectivity index (χ1n) is 9.53. The molecule has 154 valence electrons. The van der Waals surface area contributed by atoms with Crippen LogP contribution in [-0.4, -0.2) is 49.2 Å². The van der Waals surface area contributed by atoms with Crippen LogP contribution in [0, 0.1) is 6.92 Å². The highest BCUT2D eigenvalue weighted by molar-refractivity contribution is 5.85. The van der Waals surface area contributed by atoms with E-state index >= 15 is 0 Å². The van der Waals surface area contributed by atoms with Crippen LogP contribution in [0.5, 0.6) is 0 Å². The molecular weight excluding hydrogens is 385 g/mol. The minimum atomic E-state index is -0.612. The first kappa shape index (κ1) is 24.2. The Bertz CT molecular complexity index is 571. The molecule has 0 spiro atoms. The van der Waals surface area contributed by atoms with E-state index in [-0.39, 0.29) is 36.3 Å². The van der Waals surface area contributed by atoms with Crippen molar-refractivity contribution in [1.82, 2.24) is 10.2 Å². The van der Waals surface area contributed by atoms with Crippen molar-refractivity contribution in [1.29, 1.82) is 0 Å². The summed E-state index contributed by atoms with van der Waals surface area (Å²) in [5.74, 6) is -0.0910. The van der Waals surface area contributed by atoms with Gasteiger partial charge in [0.25, 0.3) is 0 Å². The predicted molar refractivity (Wildman–Crippen MR) is 114 cm³/mol. The SMILES string of the molecule is Cc1ccc(C(N)C(=O)NCC2(N3CCCCC3)CCOCC2)cc1.Cl.Cl. The van der Waals surface area contributed by atoms with Crippen molar-refractivity contribution in [2.45, 2.75) is 50.6 Å². The van der Waals surface area contributed by atoms with E-state index in [4.69, 9.17) is 10.5 Å². The zero-order valence-corrected chi connectivity index (χ0v) is 17.7. The number of halogens is 2. The van der Waals surface area contributed by atoms with Crippen molar-refractivity contribution in [3.05, 3.63) is 35.4 Å². The minimum absolute atomic E-state index is 0. The number of amides is 1. The Morgan fingerprint density at radius 2 is 1.74 bits per heavy atom. The van der Waals surface area contributed by atoms with Gasteiger partial charge in [-0.05, 0) is 51.3 Å². The van der Waals surface area contributed by atoms with Gasteiger partial charge in [-0.25, -0.2) is 0 Å². The normalized spacial score (nSPS) is 20.7. The topological polar surface area (TPSA) is 67.6 Å². The van der Waals surface area contributed by atoms with E-state index in [1.165, 1.54) is 24.8 Å². The Kier molecular flexibility index (Phi) is 10.1. The van der Waals surface area contributed by atoms with E-state index in [1.54, 1.807) is 0 Å². The maximum atomic E-state index is 12.6. The number of carbonyl (C=O) groups is 1. The second-order valence-electron chi connectivity index (χ2n) is 7.49. The van der Waals surface area contributed by atoms with Crippen molar-refractivity contribution in [3.63, 3.8) is 0 Å². The zero-order valence-electron chi connectivity index (χ0n) is 16.1. The Balaban J connectivity index is 0.00000182. The quantitative estimate of drug-likeness (QED) is 0.772. The third kappa shape index (κ3) is 6.06. The Morgan fingerprint density at radius 3 is 2.33 bits per heavy atom. The van der Waals surface area contributed by atoms with Gasteiger partial charge >= 0.3 is 0 Å². The Morgan fingerprint density at radius 1 is 1.15 bits per heavy atom. The maximum Gasteiger partial charge on any atom is 0.241 e. The van der Waals surface area contributed by atoms with Gasteiger partial charge in [-0.1, -0.05) is 36.2 Å². The molecule has 1 atom stereocenters. The van der Waals surface area contributed by atoms with Crippen molar-refractivity contribution in [2.24, 2.45) is 5.73 Å². The number of benzene rings is 1. The molecular formula is C20H33Cl2N3O2. The van der Waals surface area contributed by atoms with Gasteiger partial charge in [0.1, 0.15) is 6.04 Å². The smallest absolute Gasteiger partial charge is 0.241 e. The number of aryl methyl sites for hydroxylation is 1. The van der Waals surface area contributed by atoms with Crippen molar-refractivity contribution in [2.75, 3.05) is 32.8 Å². The van der Waals surface area contributed by atoms with Crippen LogP contribution >= 0.6 is 24.8 Å². The molecule has 1 aromatic rings. The van der Waals surface area contributed by atoms with Crippen LogP contribution in [0.2, 0.25) is 0 Å². The second-order valence-corrected chi connectivity index (χ2v) is 7.49. The summed E-state index contributed by atoms with van der Waals surface area (Å²) in [6.07, 6.45) is 5.77. The summed E-state index contributed by atoms with van der Waals surface area (Å²) in [4.78, 5) is 15.2. The van der Waals surface area contributed by atoms with E-state index in [0.29, 0.717) is 6.54 Å². The lowest BCUT2D eigenvalue weighted by Gasteiger charge is -2.48.